The average molecular weight is 252 g/mol. The van der Waals surface area contributed by atoms with Crippen molar-refractivity contribution >= 4 is 17.2 Å². The van der Waals surface area contributed by atoms with Gasteiger partial charge in [0.1, 0.15) is 5.82 Å². The minimum Gasteiger partial charge on any atom is -0.307 e. The Balaban J connectivity index is 1.87. The zero-order valence-electron chi connectivity index (χ0n) is 10.4. The first-order valence-electron chi connectivity index (χ1n) is 5.88. The molecule has 1 amide bonds. The quantitative estimate of drug-likeness (QED) is 0.761. The van der Waals surface area contributed by atoms with E-state index in [1.807, 2.05) is 25.1 Å². The van der Waals surface area contributed by atoms with Crippen molar-refractivity contribution in [2.24, 2.45) is 0 Å². The highest BCUT2D eigenvalue weighted by atomic mass is 16.1. The van der Waals surface area contributed by atoms with Crippen molar-refractivity contribution in [3.63, 3.8) is 0 Å². The van der Waals surface area contributed by atoms with E-state index in [0.29, 0.717) is 11.4 Å². The van der Waals surface area contributed by atoms with E-state index in [1.165, 1.54) is 0 Å². The van der Waals surface area contributed by atoms with Crippen molar-refractivity contribution in [2.45, 2.75) is 6.92 Å². The number of hydrogen-bond acceptors (Lipinski definition) is 3. The molecule has 19 heavy (non-hydrogen) atoms. The van der Waals surface area contributed by atoms with Gasteiger partial charge in [-0.25, -0.2) is 9.97 Å². The molecule has 3 heterocycles. The maximum absolute atomic E-state index is 12.1. The Morgan fingerprint density at radius 1 is 1.32 bits per heavy atom. The second-order valence-corrected chi connectivity index (χ2v) is 4.32. The topological polar surface area (TPSA) is 59.3 Å². The van der Waals surface area contributed by atoms with Crippen LogP contribution in [0.3, 0.4) is 0 Å². The van der Waals surface area contributed by atoms with Gasteiger partial charge in [-0.05, 0) is 36.8 Å². The zero-order chi connectivity index (χ0) is 13.2. The fourth-order valence-electron chi connectivity index (χ4n) is 1.85. The number of anilines is 1. The van der Waals surface area contributed by atoms with Crippen molar-refractivity contribution in [3.8, 4) is 0 Å². The molecule has 1 N–H and O–H groups in total. The maximum Gasteiger partial charge on any atom is 0.258 e. The maximum atomic E-state index is 12.1. The van der Waals surface area contributed by atoms with E-state index < -0.39 is 0 Å². The van der Waals surface area contributed by atoms with Crippen LogP contribution in [0.2, 0.25) is 0 Å². The molecule has 0 aliphatic heterocycles. The highest BCUT2D eigenvalue weighted by Gasteiger charge is 2.07. The van der Waals surface area contributed by atoms with Gasteiger partial charge in [-0.15, -0.1) is 0 Å². The van der Waals surface area contributed by atoms with Crippen LogP contribution < -0.4 is 5.32 Å². The lowest BCUT2D eigenvalue weighted by Crippen LogP contribution is -2.13. The Kier molecular flexibility index (Phi) is 2.72. The molecule has 0 spiro atoms. The molecule has 5 nitrogen and oxygen atoms in total. The Bertz CT molecular complexity index is 748. The molecule has 0 aromatic carbocycles. The number of carbonyl (C=O) groups excluding carboxylic acids is 1. The van der Waals surface area contributed by atoms with E-state index in [0.717, 1.165) is 11.1 Å². The second kappa shape index (κ2) is 4.53. The van der Waals surface area contributed by atoms with Crippen LogP contribution in [0, 0.1) is 6.92 Å². The van der Waals surface area contributed by atoms with Gasteiger partial charge in [0.25, 0.3) is 5.91 Å². The number of pyridine rings is 2. The van der Waals surface area contributed by atoms with E-state index in [-0.39, 0.29) is 5.91 Å². The van der Waals surface area contributed by atoms with E-state index in [4.69, 9.17) is 0 Å². The first-order valence-corrected chi connectivity index (χ1v) is 5.88. The number of imidazole rings is 1. The number of hydrogen-bond donors (Lipinski definition) is 1. The molecule has 0 atom stereocenters. The van der Waals surface area contributed by atoms with Crippen LogP contribution in [0.15, 0.2) is 49.2 Å². The van der Waals surface area contributed by atoms with Crippen LogP contribution in [0.5, 0.6) is 0 Å². The van der Waals surface area contributed by atoms with Gasteiger partial charge in [-0.3, -0.25) is 4.79 Å². The molecule has 0 saturated heterocycles. The van der Waals surface area contributed by atoms with Gasteiger partial charge in [-0.1, -0.05) is 0 Å². The molecule has 94 valence electrons. The normalized spacial score (nSPS) is 10.6. The number of fused-ring (bicyclic) bond motifs is 1. The number of nitrogens with zero attached hydrogens (tertiary/aromatic N) is 3. The number of rotatable bonds is 2. The third kappa shape index (κ3) is 2.30. The Morgan fingerprint density at radius 2 is 2.21 bits per heavy atom. The van der Waals surface area contributed by atoms with E-state index in [2.05, 4.69) is 15.3 Å². The van der Waals surface area contributed by atoms with Crippen LogP contribution in [-0.2, 0) is 0 Å². The van der Waals surface area contributed by atoms with E-state index in [9.17, 15) is 4.79 Å². The van der Waals surface area contributed by atoms with Crippen molar-refractivity contribution in [2.75, 3.05) is 5.32 Å². The molecular formula is C14H12N4O. The summed E-state index contributed by atoms with van der Waals surface area (Å²) in [6.07, 6.45) is 6.82. The monoisotopic (exact) mass is 252 g/mol. The summed E-state index contributed by atoms with van der Waals surface area (Å²) < 4.78 is 1.80. The Morgan fingerprint density at radius 3 is 3.05 bits per heavy atom. The summed E-state index contributed by atoms with van der Waals surface area (Å²) in [4.78, 5) is 20.2. The van der Waals surface area contributed by atoms with Gasteiger partial charge < -0.3 is 9.72 Å². The summed E-state index contributed by atoms with van der Waals surface area (Å²) in [5, 5.41) is 2.77. The number of aromatic nitrogens is 3. The highest BCUT2D eigenvalue weighted by molar-refractivity contribution is 6.03. The summed E-state index contributed by atoms with van der Waals surface area (Å²) >= 11 is 0. The third-order valence-corrected chi connectivity index (χ3v) is 2.83. The molecule has 0 radical (unpaired) electrons. The fraction of sp³-hybridized carbons (Fsp3) is 0.0714. The minimum absolute atomic E-state index is 0.186. The van der Waals surface area contributed by atoms with Crippen LogP contribution in [-0.4, -0.2) is 20.3 Å². The van der Waals surface area contributed by atoms with Gasteiger partial charge >= 0.3 is 0 Å². The zero-order valence-corrected chi connectivity index (χ0v) is 10.4. The Hall–Kier alpha value is -2.69. The molecule has 3 aromatic heterocycles. The Labute approximate surface area is 109 Å². The molecule has 0 aliphatic carbocycles. The minimum atomic E-state index is -0.186. The van der Waals surface area contributed by atoms with Crippen molar-refractivity contribution in [1.29, 1.82) is 0 Å². The summed E-state index contributed by atoms with van der Waals surface area (Å²) in [6, 6.07) is 7.33. The van der Waals surface area contributed by atoms with E-state index >= 15 is 0 Å². The fourth-order valence-corrected chi connectivity index (χ4v) is 1.85. The van der Waals surface area contributed by atoms with Gasteiger partial charge in [0.2, 0.25) is 0 Å². The molecule has 0 fully saturated rings. The smallest absolute Gasteiger partial charge is 0.258 e. The van der Waals surface area contributed by atoms with Crippen LogP contribution in [0.1, 0.15) is 15.9 Å². The molecule has 0 saturated carbocycles. The summed E-state index contributed by atoms with van der Waals surface area (Å²) in [6.45, 7) is 1.95. The van der Waals surface area contributed by atoms with Crippen LogP contribution in [0.25, 0.3) is 5.52 Å². The number of amides is 1. The van der Waals surface area contributed by atoms with Crippen LogP contribution >= 0.6 is 0 Å². The SMILES string of the molecule is Cc1ccnc(NC(=O)c2ccc3cncn3c2)c1. The first kappa shape index (κ1) is 11.4. The van der Waals surface area contributed by atoms with Gasteiger partial charge in [0.15, 0.2) is 0 Å². The van der Waals surface area contributed by atoms with Crippen molar-refractivity contribution in [1.82, 2.24) is 14.4 Å². The van der Waals surface area contributed by atoms with Gasteiger partial charge in [-0.2, -0.15) is 0 Å². The van der Waals surface area contributed by atoms with Crippen LogP contribution in [0.4, 0.5) is 5.82 Å². The summed E-state index contributed by atoms with van der Waals surface area (Å²) in [7, 11) is 0. The average Bonchev–Trinajstić information content (AvgIpc) is 2.85. The summed E-state index contributed by atoms with van der Waals surface area (Å²) in [5.74, 6) is 0.365. The van der Waals surface area contributed by atoms with Gasteiger partial charge in [0.05, 0.1) is 23.6 Å². The molecular weight excluding hydrogens is 240 g/mol. The molecule has 3 rings (SSSR count). The summed E-state index contributed by atoms with van der Waals surface area (Å²) in [5.41, 5.74) is 2.56. The predicted octanol–water partition coefficient (Wildman–Crippen LogP) is 2.29. The number of nitrogens with one attached hydrogen (secondary N) is 1. The largest absolute Gasteiger partial charge is 0.307 e. The molecule has 0 aliphatic rings. The standard InChI is InChI=1S/C14H12N4O/c1-10-4-5-16-13(6-10)17-14(19)11-2-3-12-7-15-9-18(12)8-11/h2-9H,1H3,(H,16,17,19). The molecule has 5 heteroatoms. The lowest BCUT2D eigenvalue weighted by molar-refractivity contribution is 0.102. The second-order valence-electron chi connectivity index (χ2n) is 4.32. The predicted molar refractivity (Wildman–Crippen MR) is 72.1 cm³/mol. The lowest BCUT2D eigenvalue weighted by atomic mass is 10.2. The third-order valence-electron chi connectivity index (χ3n) is 2.83. The highest BCUT2D eigenvalue weighted by Crippen LogP contribution is 2.10. The lowest BCUT2D eigenvalue weighted by Gasteiger charge is -2.05. The molecule has 3 aromatic rings. The van der Waals surface area contributed by atoms with Crippen molar-refractivity contribution < 1.29 is 4.79 Å². The van der Waals surface area contributed by atoms with Crippen molar-refractivity contribution in [3.05, 3.63) is 60.3 Å². The van der Waals surface area contributed by atoms with Gasteiger partial charge in [0, 0.05) is 12.4 Å². The van der Waals surface area contributed by atoms with E-state index in [1.54, 1.807) is 35.4 Å². The molecule has 0 unspecified atom stereocenters. The molecule has 0 bridgehead atoms. The first-order chi connectivity index (χ1) is 9.22. The number of aryl methyl sites for hydroxylation is 1. The number of carbonyl (C=O) groups is 1.